The van der Waals surface area contributed by atoms with E-state index in [9.17, 15) is 4.79 Å². The van der Waals surface area contributed by atoms with Gasteiger partial charge in [-0.05, 0) is 12.5 Å². The molecule has 0 spiro atoms. The van der Waals surface area contributed by atoms with Gasteiger partial charge in [-0.1, -0.05) is 23.2 Å². The van der Waals surface area contributed by atoms with Crippen molar-refractivity contribution in [2.45, 2.75) is 6.42 Å². The zero-order valence-electron chi connectivity index (χ0n) is 8.99. The van der Waals surface area contributed by atoms with E-state index in [4.69, 9.17) is 34.7 Å². The number of nitrogens with zero attached hydrogens (tertiary/aromatic N) is 2. The summed E-state index contributed by atoms with van der Waals surface area (Å²) in [5.74, 6) is 0.0896. The Hall–Kier alpha value is -1.04. The van der Waals surface area contributed by atoms with Crippen molar-refractivity contribution in [1.82, 2.24) is 4.98 Å². The Morgan fingerprint density at radius 3 is 2.76 bits per heavy atom. The predicted molar refractivity (Wildman–Crippen MR) is 68.2 cm³/mol. The van der Waals surface area contributed by atoms with E-state index in [2.05, 4.69) is 4.98 Å². The molecule has 1 saturated heterocycles. The van der Waals surface area contributed by atoms with Gasteiger partial charge in [-0.2, -0.15) is 0 Å². The van der Waals surface area contributed by atoms with E-state index in [1.807, 2.05) is 0 Å². The maximum atomic E-state index is 11.8. The average molecular weight is 275 g/mol. The second kappa shape index (κ2) is 4.68. The van der Waals surface area contributed by atoms with Crippen molar-refractivity contribution >= 4 is 40.5 Å². The van der Waals surface area contributed by atoms with Crippen molar-refractivity contribution < 1.29 is 4.79 Å². The first-order chi connectivity index (χ1) is 8.02. The summed E-state index contributed by atoms with van der Waals surface area (Å²) in [6.45, 7) is 0.976. The molecule has 1 amide bonds. The fraction of sp³-hybridized carbons (Fsp3) is 0.400. The molecule has 7 heteroatoms. The summed E-state index contributed by atoms with van der Waals surface area (Å²) in [6, 6.07) is 1.48. The largest absolute Gasteiger partial charge is 0.397 e. The average Bonchev–Trinajstić information content (AvgIpc) is 2.59. The Morgan fingerprint density at radius 2 is 2.24 bits per heavy atom. The lowest BCUT2D eigenvalue weighted by molar-refractivity contribution is -0.117. The molecule has 1 fully saturated rings. The molecule has 1 aromatic heterocycles. The van der Waals surface area contributed by atoms with E-state index in [1.54, 1.807) is 0 Å². The van der Waals surface area contributed by atoms with Gasteiger partial charge in [-0.25, -0.2) is 4.98 Å². The van der Waals surface area contributed by atoms with Crippen LogP contribution in [0.15, 0.2) is 6.07 Å². The molecule has 2 rings (SSSR count). The molecule has 1 atom stereocenters. The van der Waals surface area contributed by atoms with E-state index >= 15 is 0 Å². The second-order valence-electron chi connectivity index (χ2n) is 3.98. The summed E-state index contributed by atoms with van der Waals surface area (Å²) in [6.07, 6.45) is 0.412. The Kier molecular flexibility index (Phi) is 3.42. The minimum absolute atomic E-state index is 0.0434. The van der Waals surface area contributed by atoms with Crippen LogP contribution in [0.1, 0.15) is 6.42 Å². The van der Waals surface area contributed by atoms with Crippen LogP contribution in [0.2, 0.25) is 10.3 Å². The van der Waals surface area contributed by atoms with Crippen LogP contribution >= 0.6 is 23.2 Å². The van der Waals surface area contributed by atoms with Crippen LogP contribution in [0.5, 0.6) is 0 Å². The summed E-state index contributed by atoms with van der Waals surface area (Å²) in [4.78, 5) is 17.2. The summed E-state index contributed by atoms with van der Waals surface area (Å²) in [7, 11) is 0. The van der Waals surface area contributed by atoms with Crippen molar-refractivity contribution in [2.75, 3.05) is 23.7 Å². The lowest BCUT2D eigenvalue weighted by Crippen LogP contribution is -2.27. The van der Waals surface area contributed by atoms with Crippen molar-refractivity contribution in [3.63, 3.8) is 0 Å². The van der Waals surface area contributed by atoms with Gasteiger partial charge in [0.2, 0.25) is 5.91 Å². The van der Waals surface area contributed by atoms with Gasteiger partial charge in [-0.15, -0.1) is 0 Å². The van der Waals surface area contributed by atoms with Crippen molar-refractivity contribution in [3.8, 4) is 0 Å². The Morgan fingerprint density at radius 1 is 1.53 bits per heavy atom. The first kappa shape index (κ1) is 12.4. The maximum Gasteiger partial charge on any atom is 0.227 e. The molecule has 1 aromatic rings. The van der Waals surface area contributed by atoms with Gasteiger partial charge in [0.15, 0.2) is 5.15 Å². The van der Waals surface area contributed by atoms with E-state index in [0.717, 1.165) is 0 Å². The fourth-order valence-corrected chi connectivity index (χ4v) is 2.47. The normalized spacial score (nSPS) is 20.1. The van der Waals surface area contributed by atoms with Gasteiger partial charge in [0.05, 0.1) is 5.69 Å². The number of carbonyl (C=O) groups is 1. The van der Waals surface area contributed by atoms with Crippen LogP contribution in [0.3, 0.4) is 0 Å². The molecule has 92 valence electrons. The molecule has 17 heavy (non-hydrogen) atoms. The molecular weight excluding hydrogens is 263 g/mol. The molecule has 1 unspecified atom stereocenters. The Bertz CT molecular complexity index is 443. The molecule has 0 radical (unpaired) electrons. The van der Waals surface area contributed by atoms with Crippen LogP contribution in [0, 0.1) is 5.92 Å². The van der Waals surface area contributed by atoms with Gasteiger partial charge in [0, 0.05) is 19.0 Å². The molecule has 2 heterocycles. The number of aromatic nitrogens is 1. The number of hydrogen-bond acceptors (Lipinski definition) is 4. The number of hydrogen-bond donors (Lipinski definition) is 2. The molecule has 0 aromatic carbocycles. The quantitative estimate of drug-likeness (QED) is 0.796. The van der Waals surface area contributed by atoms with Crippen LogP contribution in [0.4, 0.5) is 11.4 Å². The van der Waals surface area contributed by atoms with Crippen LogP contribution < -0.4 is 16.4 Å². The zero-order valence-corrected chi connectivity index (χ0v) is 10.5. The summed E-state index contributed by atoms with van der Waals surface area (Å²) < 4.78 is 0. The number of nitrogens with two attached hydrogens (primary N) is 2. The number of anilines is 2. The number of amides is 1. The minimum Gasteiger partial charge on any atom is -0.397 e. The Labute approximate surface area is 109 Å². The van der Waals surface area contributed by atoms with E-state index < -0.39 is 0 Å². The topological polar surface area (TPSA) is 85.2 Å². The van der Waals surface area contributed by atoms with Gasteiger partial charge in [0.25, 0.3) is 0 Å². The van der Waals surface area contributed by atoms with Gasteiger partial charge in [0.1, 0.15) is 10.8 Å². The van der Waals surface area contributed by atoms with E-state index in [1.165, 1.54) is 11.0 Å². The smallest absolute Gasteiger partial charge is 0.227 e. The predicted octanol–water partition coefficient (Wildman–Crippen LogP) is 1.28. The van der Waals surface area contributed by atoms with E-state index in [-0.39, 0.29) is 22.1 Å². The first-order valence-electron chi connectivity index (χ1n) is 5.15. The first-order valence-corrected chi connectivity index (χ1v) is 5.90. The molecule has 4 N–H and O–H groups in total. The summed E-state index contributed by atoms with van der Waals surface area (Å²) in [5, 5.41) is 0.347. The zero-order chi connectivity index (χ0) is 12.6. The van der Waals surface area contributed by atoms with Gasteiger partial charge < -0.3 is 16.4 Å². The van der Waals surface area contributed by atoms with Crippen molar-refractivity contribution in [1.29, 1.82) is 0 Å². The summed E-state index contributed by atoms with van der Waals surface area (Å²) >= 11 is 11.7. The third-order valence-corrected chi connectivity index (χ3v) is 3.21. The van der Waals surface area contributed by atoms with Crippen LogP contribution in [-0.2, 0) is 4.79 Å². The number of nitrogen functional groups attached to an aromatic ring is 1. The van der Waals surface area contributed by atoms with Crippen LogP contribution in [-0.4, -0.2) is 24.0 Å². The molecule has 1 aliphatic heterocycles. The number of halogens is 2. The highest BCUT2D eigenvalue weighted by Gasteiger charge is 2.32. The number of pyridine rings is 1. The highest BCUT2D eigenvalue weighted by atomic mass is 35.5. The summed E-state index contributed by atoms with van der Waals surface area (Å²) in [5.41, 5.74) is 12.1. The number of carbonyl (C=O) groups excluding carboxylic acids is 1. The maximum absolute atomic E-state index is 11.8. The minimum atomic E-state index is -0.0434. The number of rotatable bonds is 2. The van der Waals surface area contributed by atoms with E-state index in [0.29, 0.717) is 30.9 Å². The Balaban J connectivity index is 2.38. The molecule has 0 saturated carbocycles. The molecule has 1 aliphatic rings. The molecule has 0 aliphatic carbocycles. The van der Waals surface area contributed by atoms with Crippen molar-refractivity contribution in [2.24, 2.45) is 11.7 Å². The van der Waals surface area contributed by atoms with Crippen LogP contribution in [0.25, 0.3) is 0 Å². The monoisotopic (exact) mass is 274 g/mol. The lowest BCUT2D eigenvalue weighted by Gasteiger charge is -2.19. The standard InChI is InChI=1S/C10H12Cl2N4O/c11-7-2-6(14)9(10(12)15-7)16-4-5(3-13)1-8(16)17/h2,5H,1,3-4,13H2,(H2,14,15). The van der Waals surface area contributed by atoms with Gasteiger partial charge >= 0.3 is 0 Å². The second-order valence-corrected chi connectivity index (χ2v) is 4.73. The fourth-order valence-electron chi connectivity index (χ4n) is 1.92. The molecular formula is C10H12Cl2N4O. The third-order valence-electron chi connectivity index (χ3n) is 2.76. The SMILES string of the molecule is NCC1CC(=O)N(c2c(N)cc(Cl)nc2Cl)C1. The highest BCUT2D eigenvalue weighted by Crippen LogP contribution is 2.36. The molecule has 0 bridgehead atoms. The third kappa shape index (κ3) is 2.31. The lowest BCUT2D eigenvalue weighted by atomic mass is 10.1. The van der Waals surface area contributed by atoms with Crippen molar-refractivity contribution in [3.05, 3.63) is 16.4 Å². The van der Waals surface area contributed by atoms with Gasteiger partial charge in [-0.3, -0.25) is 4.79 Å². The highest BCUT2D eigenvalue weighted by molar-refractivity contribution is 6.35. The molecule has 5 nitrogen and oxygen atoms in total.